The number of fused-ring (bicyclic) bond motifs is 6. The van der Waals surface area contributed by atoms with Crippen LogP contribution in [0.1, 0.15) is 83.7 Å². The molecule has 0 atom stereocenters. The van der Waals surface area contributed by atoms with E-state index in [2.05, 4.69) is 258 Å². The lowest BCUT2D eigenvalue weighted by Crippen LogP contribution is -2.05. The predicted octanol–water partition coefficient (Wildman–Crippen LogP) is 19.8. The van der Waals surface area contributed by atoms with Crippen molar-refractivity contribution in [1.29, 1.82) is 5.26 Å². The van der Waals surface area contributed by atoms with Crippen molar-refractivity contribution in [2.45, 2.75) is 96.9 Å². The number of hydrogen-bond acceptors (Lipinski definition) is 2. The Morgan fingerprint density at radius 2 is 0.590 bits per heavy atom. The summed E-state index contributed by atoms with van der Waals surface area (Å²) in [5.74, 6) is 0. The van der Waals surface area contributed by atoms with Gasteiger partial charge in [0.15, 0.2) is 0 Å². The van der Waals surface area contributed by atoms with Gasteiger partial charge in [0.25, 0.3) is 0 Å². The van der Waals surface area contributed by atoms with Crippen molar-refractivity contribution in [2.24, 2.45) is 0 Å². The molecule has 0 spiro atoms. The number of benzene rings is 9. The lowest BCUT2D eigenvalue weighted by atomic mass is 9.92. The molecule has 0 amide bonds. The summed E-state index contributed by atoms with van der Waals surface area (Å²) in [7, 11) is 0. The van der Waals surface area contributed by atoms with Gasteiger partial charge in [0.05, 0.1) is 39.0 Å². The molecule has 0 bridgehead atoms. The van der Waals surface area contributed by atoms with Gasteiger partial charge in [0.2, 0.25) is 0 Å². The normalized spacial score (nSPS) is 11.7. The molecule has 3 heterocycles. The molecule has 0 saturated heterocycles. The highest BCUT2D eigenvalue weighted by molar-refractivity contribution is 6.14. The van der Waals surface area contributed by atoms with Gasteiger partial charge in [-0.15, -0.1) is 0 Å². The number of nitriles is 1. The van der Waals surface area contributed by atoms with Crippen molar-refractivity contribution in [3.8, 4) is 73.1 Å². The molecule has 12 aromatic rings. The van der Waals surface area contributed by atoms with E-state index in [0.717, 1.165) is 99.8 Å². The third-order valence-corrected chi connectivity index (χ3v) is 16.5. The van der Waals surface area contributed by atoms with Crippen LogP contribution >= 0.6 is 0 Å². The maximum absolute atomic E-state index is 11.9. The molecule has 4 heteroatoms. The molecule has 9 aromatic carbocycles. The van der Waals surface area contributed by atoms with Gasteiger partial charge in [-0.3, -0.25) is 4.98 Å². The molecule has 382 valence electrons. The molecule has 0 N–H and O–H groups in total. The van der Waals surface area contributed by atoms with Crippen LogP contribution in [-0.4, -0.2) is 14.1 Å². The first kappa shape index (κ1) is 50.1. The molecule has 0 aliphatic rings. The van der Waals surface area contributed by atoms with E-state index in [9.17, 15) is 5.26 Å². The van der Waals surface area contributed by atoms with E-state index in [0.29, 0.717) is 5.56 Å². The van der Waals surface area contributed by atoms with Crippen molar-refractivity contribution >= 4 is 43.6 Å². The lowest BCUT2D eigenvalue weighted by molar-refractivity contribution is 1.11. The minimum atomic E-state index is 0.578. The van der Waals surface area contributed by atoms with E-state index >= 15 is 0 Å². The summed E-state index contributed by atoms with van der Waals surface area (Å²) in [4.78, 5) is 4.93. The van der Waals surface area contributed by atoms with E-state index in [4.69, 9.17) is 4.98 Å². The van der Waals surface area contributed by atoms with Crippen molar-refractivity contribution < 1.29 is 0 Å². The van der Waals surface area contributed by atoms with E-state index in [1.54, 1.807) is 0 Å². The highest BCUT2D eigenvalue weighted by atomic mass is 15.0. The molecule has 0 fully saturated rings. The zero-order valence-corrected chi connectivity index (χ0v) is 47.6. The molecular formula is C74H66N4. The van der Waals surface area contributed by atoms with Crippen LogP contribution in [0.3, 0.4) is 0 Å². The van der Waals surface area contributed by atoms with E-state index in [-0.39, 0.29) is 0 Å². The van der Waals surface area contributed by atoms with E-state index in [1.807, 2.05) is 0 Å². The Kier molecular flexibility index (Phi) is 12.0. The summed E-state index contributed by atoms with van der Waals surface area (Å²) in [6.07, 6.45) is 0. The number of rotatable bonds is 7. The number of aromatic nitrogens is 3. The van der Waals surface area contributed by atoms with Crippen LogP contribution in [0.5, 0.6) is 0 Å². The van der Waals surface area contributed by atoms with E-state index < -0.39 is 0 Å². The van der Waals surface area contributed by atoms with Gasteiger partial charge in [-0.2, -0.15) is 5.26 Å². The van der Waals surface area contributed by atoms with Crippen LogP contribution in [0.2, 0.25) is 0 Å². The Hall–Kier alpha value is -8.78. The molecule has 12 rings (SSSR count). The number of aryl methyl sites for hydroxylation is 14. The molecule has 0 unspecified atom stereocenters. The first-order chi connectivity index (χ1) is 37.3. The van der Waals surface area contributed by atoms with Crippen LogP contribution in [0.25, 0.3) is 111 Å². The summed E-state index contributed by atoms with van der Waals surface area (Å²) in [5, 5.41) is 16.5. The minimum Gasteiger partial charge on any atom is -0.309 e. The fourth-order valence-electron chi connectivity index (χ4n) is 14.0. The Bertz CT molecular complexity index is 4260. The van der Waals surface area contributed by atoms with Gasteiger partial charge in [-0.25, -0.2) is 0 Å². The zero-order valence-electron chi connectivity index (χ0n) is 47.6. The number of hydrogen-bond donors (Lipinski definition) is 0. The highest BCUT2D eigenvalue weighted by Crippen LogP contribution is 2.45. The largest absolute Gasteiger partial charge is 0.309 e. The molecule has 4 nitrogen and oxygen atoms in total. The molecule has 0 radical (unpaired) electrons. The van der Waals surface area contributed by atoms with Crippen molar-refractivity contribution in [1.82, 2.24) is 14.1 Å². The predicted molar refractivity (Wildman–Crippen MR) is 331 cm³/mol. The van der Waals surface area contributed by atoms with Gasteiger partial charge in [0, 0.05) is 38.5 Å². The Morgan fingerprint density at radius 1 is 0.308 bits per heavy atom. The molecule has 0 aliphatic carbocycles. The molecular weight excluding hydrogens is 945 g/mol. The monoisotopic (exact) mass is 1010 g/mol. The smallest absolute Gasteiger partial charge is 0.101 e. The summed E-state index contributed by atoms with van der Waals surface area (Å²) in [5.41, 5.74) is 35.1. The van der Waals surface area contributed by atoms with Crippen LogP contribution < -0.4 is 0 Å². The quantitative estimate of drug-likeness (QED) is 0.160. The summed E-state index contributed by atoms with van der Waals surface area (Å²) in [6, 6.07) is 57.9. The molecule has 78 heavy (non-hydrogen) atoms. The zero-order chi connectivity index (χ0) is 54.7. The Labute approximate surface area is 459 Å². The third-order valence-electron chi connectivity index (χ3n) is 16.5. The van der Waals surface area contributed by atoms with Gasteiger partial charge in [-0.05, 0) is 240 Å². The van der Waals surface area contributed by atoms with Crippen LogP contribution in [0, 0.1) is 108 Å². The Morgan fingerprint density at radius 3 is 0.872 bits per heavy atom. The topological polar surface area (TPSA) is 46.5 Å². The summed E-state index contributed by atoms with van der Waals surface area (Å²) < 4.78 is 4.84. The molecule has 0 saturated carbocycles. The molecule has 0 aliphatic heterocycles. The van der Waals surface area contributed by atoms with E-state index in [1.165, 1.54) is 89.0 Å². The standard InChI is InChI=1S/C74H66N4/c1-40-23-44(5)71(45(6)24-40)54-15-19-60-61-20-16-55(72-46(7)25-41(2)26-47(72)8)34-67(61)77(66(60)33-54)65-38-64(58-31-52(13)76-53(14)32-58)70(37-59(65)39-75)78-68-35-56(73-48(9)27-42(3)28-49(73)10)17-21-62(68)63-22-18-57(36-69(63)78)74-50(11)29-43(4)30-51(74)12/h15-38H,1-14H3. The van der Waals surface area contributed by atoms with Crippen LogP contribution in [0.15, 0.2) is 146 Å². The maximum Gasteiger partial charge on any atom is 0.101 e. The van der Waals surface area contributed by atoms with Crippen LogP contribution in [0.4, 0.5) is 0 Å². The van der Waals surface area contributed by atoms with Crippen molar-refractivity contribution in [2.75, 3.05) is 0 Å². The SMILES string of the molecule is Cc1cc(C)c(-c2ccc3c4ccc(-c5c(C)cc(C)cc5C)cc4n(-c4cc(-c5cc(C)nc(C)c5)c(-n5c6cc(-c7c(C)cc(C)cc7C)ccc6c6ccc(-c7c(C)cc(C)cc7C)cc65)cc4C#N)c3c2)c(C)c1. The minimum absolute atomic E-state index is 0.578. The lowest BCUT2D eigenvalue weighted by Gasteiger charge is -2.20. The summed E-state index contributed by atoms with van der Waals surface area (Å²) in [6.45, 7) is 30.6. The average Bonchev–Trinajstić information content (AvgIpc) is 3.91. The summed E-state index contributed by atoms with van der Waals surface area (Å²) >= 11 is 0. The fourth-order valence-corrected chi connectivity index (χ4v) is 14.0. The maximum atomic E-state index is 11.9. The van der Waals surface area contributed by atoms with Crippen LogP contribution in [-0.2, 0) is 0 Å². The van der Waals surface area contributed by atoms with Gasteiger partial charge >= 0.3 is 0 Å². The second kappa shape index (κ2) is 18.7. The second-order valence-electron chi connectivity index (χ2n) is 22.8. The van der Waals surface area contributed by atoms with Gasteiger partial charge < -0.3 is 9.13 Å². The number of nitrogens with zero attached hydrogens (tertiary/aromatic N) is 4. The third kappa shape index (κ3) is 8.23. The first-order valence-electron chi connectivity index (χ1n) is 27.4. The Balaban J connectivity index is 1.23. The average molecular weight is 1010 g/mol. The number of pyridine rings is 1. The van der Waals surface area contributed by atoms with Gasteiger partial charge in [0.1, 0.15) is 6.07 Å². The van der Waals surface area contributed by atoms with Crippen molar-refractivity contribution in [3.63, 3.8) is 0 Å². The fraction of sp³-hybridized carbons (Fsp3) is 0.189. The molecule has 3 aromatic heterocycles. The first-order valence-corrected chi connectivity index (χ1v) is 27.4. The highest BCUT2D eigenvalue weighted by Gasteiger charge is 2.25. The van der Waals surface area contributed by atoms with Gasteiger partial charge in [-0.1, -0.05) is 119 Å². The second-order valence-corrected chi connectivity index (χ2v) is 22.8. The van der Waals surface area contributed by atoms with Crippen molar-refractivity contribution in [3.05, 3.63) is 229 Å².